The smallest absolute Gasteiger partial charge is 0.150 e. The van der Waals surface area contributed by atoms with Crippen LogP contribution in [0, 0.1) is 11.8 Å². The Morgan fingerprint density at radius 3 is 2.57 bits per heavy atom. The van der Waals surface area contributed by atoms with Gasteiger partial charge in [0.1, 0.15) is 9.84 Å². The van der Waals surface area contributed by atoms with Crippen LogP contribution in [0.3, 0.4) is 0 Å². The normalized spacial score (nSPS) is 38.0. The third-order valence-electron chi connectivity index (χ3n) is 3.60. The molecular weight excluding hydrogens is 198 g/mol. The molecule has 0 radical (unpaired) electrons. The van der Waals surface area contributed by atoms with Crippen LogP contribution in [0.15, 0.2) is 0 Å². The van der Waals surface area contributed by atoms with E-state index in [1.54, 1.807) is 0 Å². The Bertz CT molecular complexity index is 280. The van der Waals surface area contributed by atoms with E-state index in [2.05, 4.69) is 5.32 Å². The van der Waals surface area contributed by atoms with E-state index >= 15 is 0 Å². The molecule has 4 heteroatoms. The van der Waals surface area contributed by atoms with Crippen LogP contribution in [0.4, 0.5) is 0 Å². The van der Waals surface area contributed by atoms with E-state index < -0.39 is 9.84 Å². The fourth-order valence-corrected chi connectivity index (χ4v) is 4.17. The molecule has 0 aromatic heterocycles. The van der Waals surface area contributed by atoms with E-state index in [0.717, 1.165) is 38.3 Å². The van der Waals surface area contributed by atoms with Crippen molar-refractivity contribution in [2.24, 2.45) is 11.8 Å². The monoisotopic (exact) mass is 217 g/mol. The molecule has 2 aliphatic rings. The molecule has 0 aliphatic carbocycles. The standard InChI is InChI=1S/C10H19NO2S/c12-14(13)6-1-2-9(4-7-14)10-3-5-11-8-10/h9-11H,1-8H2. The maximum Gasteiger partial charge on any atom is 0.150 e. The van der Waals surface area contributed by atoms with Gasteiger partial charge in [0.05, 0.1) is 11.5 Å². The molecule has 82 valence electrons. The predicted molar refractivity (Wildman–Crippen MR) is 57.0 cm³/mol. The SMILES string of the molecule is O=S1(=O)CCCC(C2CCNC2)CC1. The Hall–Kier alpha value is -0.0900. The lowest BCUT2D eigenvalue weighted by atomic mass is 9.86. The average Bonchev–Trinajstić information content (AvgIpc) is 2.58. The summed E-state index contributed by atoms with van der Waals surface area (Å²) in [6.45, 7) is 2.22. The first kappa shape index (κ1) is 10.4. The summed E-state index contributed by atoms with van der Waals surface area (Å²) < 4.78 is 22.8. The summed E-state index contributed by atoms with van der Waals surface area (Å²) in [7, 11) is -2.70. The molecule has 0 aromatic rings. The average molecular weight is 217 g/mol. The van der Waals surface area contributed by atoms with Crippen molar-refractivity contribution >= 4 is 9.84 Å². The van der Waals surface area contributed by atoms with Crippen molar-refractivity contribution in [2.45, 2.75) is 25.7 Å². The zero-order valence-electron chi connectivity index (χ0n) is 8.54. The molecule has 2 rings (SSSR count). The van der Waals surface area contributed by atoms with Gasteiger partial charge in [0.2, 0.25) is 0 Å². The highest BCUT2D eigenvalue weighted by molar-refractivity contribution is 7.91. The molecular formula is C10H19NO2S. The highest BCUT2D eigenvalue weighted by Gasteiger charge is 2.28. The van der Waals surface area contributed by atoms with Crippen LogP contribution in [0.1, 0.15) is 25.7 Å². The molecule has 2 heterocycles. The molecule has 14 heavy (non-hydrogen) atoms. The lowest BCUT2D eigenvalue weighted by Gasteiger charge is -2.19. The van der Waals surface area contributed by atoms with Gasteiger partial charge in [-0.15, -0.1) is 0 Å². The molecule has 0 bridgehead atoms. The molecule has 0 amide bonds. The largest absolute Gasteiger partial charge is 0.316 e. The summed E-state index contributed by atoms with van der Waals surface area (Å²) in [6.07, 6.45) is 4.13. The van der Waals surface area contributed by atoms with E-state index in [9.17, 15) is 8.42 Å². The minimum Gasteiger partial charge on any atom is -0.316 e. The maximum absolute atomic E-state index is 11.4. The minimum absolute atomic E-state index is 0.420. The first-order chi connectivity index (χ1) is 6.67. The molecule has 2 saturated heterocycles. The summed E-state index contributed by atoms with van der Waals surface area (Å²) in [4.78, 5) is 0. The number of nitrogens with one attached hydrogen (secondary N) is 1. The summed E-state index contributed by atoms with van der Waals surface area (Å²) in [5.41, 5.74) is 0. The maximum atomic E-state index is 11.4. The highest BCUT2D eigenvalue weighted by Crippen LogP contribution is 2.29. The fourth-order valence-electron chi connectivity index (χ4n) is 2.69. The van der Waals surface area contributed by atoms with Crippen molar-refractivity contribution in [1.82, 2.24) is 5.32 Å². The molecule has 0 aromatic carbocycles. The van der Waals surface area contributed by atoms with Gasteiger partial charge in [-0.2, -0.15) is 0 Å². The van der Waals surface area contributed by atoms with E-state index in [0.29, 0.717) is 17.4 Å². The third kappa shape index (κ3) is 2.48. The first-order valence-corrected chi connectivity index (χ1v) is 7.41. The molecule has 2 fully saturated rings. The molecule has 2 unspecified atom stereocenters. The van der Waals surface area contributed by atoms with Crippen LogP contribution in [-0.2, 0) is 9.84 Å². The van der Waals surface area contributed by atoms with Crippen LogP contribution < -0.4 is 5.32 Å². The lowest BCUT2D eigenvalue weighted by molar-refractivity contribution is 0.328. The molecule has 2 aliphatic heterocycles. The quantitative estimate of drug-likeness (QED) is 0.707. The van der Waals surface area contributed by atoms with Crippen molar-refractivity contribution in [3.05, 3.63) is 0 Å². The zero-order valence-corrected chi connectivity index (χ0v) is 9.35. The summed E-state index contributed by atoms with van der Waals surface area (Å²) in [5, 5.41) is 3.36. The predicted octanol–water partition coefficient (Wildman–Crippen LogP) is 0.811. The second kappa shape index (κ2) is 4.19. The molecule has 0 saturated carbocycles. The van der Waals surface area contributed by atoms with Crippen molar-refractivity contribution in [3.8, 4) is 0 Å². The molecule has 3 nitrogen and oxygen atoms in total. The van der Waals surface area contributed by atoms with Gasteiger partial charge < -0.3 is 5.32 Å². The lowest BCUT2D eigenvalue weighted by Crippen LogP contribution is -2.18. The van der Waals surface area contributed by atoms with Gasteiger partial charge in [0.15, 0.2) is 0 Å². The molecule has 0 spiro atoms. The van der Waals surface area contributed by atoms with Crippen LogP contribution in [-0.4, -0.2) is 33.0 Å². The van der Waals surface area contributed by atoms with Gasteiger partial charge in [-0.3, -0.25) is 0 Å². The summed E-state index contributed by atoms with van der Waals surface area (Å²) in [6, 6.07) is 0. The first-order valence-electron chi connectivity index (χ1n) is 5.58. The number of hydrogen-bond donors (Lipinski definition) is 1. The van der Waals surface area contributed by atoms with Gasteiger partial charge in [0.25, 0.3) is 0 Å². The van der Waals surface area contributed by atoms with Crippen LogP contribution in [0.2, 0.25) is 0 Å². The topological polar surface area (TPSA) is 46.2 Å². The van der Waals surface area contributed by atoms with Crippen molar-refractivity contribution in [3.63, 3.8) is 0 Å². The fraction of sp³-hybridized carbons (Fsp3) is 1.00. The number of sulfone groups is 1. The third-order valence-corrected chi connectivity index (χ3v) is 5.36. The van der Waals surface area contributed by atoms with Gasteiger partial charge in [-0.25, -0.2) is 8.42 Å². The Labute approximate surface area is 86.2 Å². The van der Waals surface area contributed by atoms with Gasteiger partial charge in [0, 0.05) is 0 Å². The summed E-state index contributed by atoms with van der Waals surface area (Å²) in [5.74, 6) is 2.24. The van der Waals surface area contributed by atoms with Crippen molar-refractivity contribution in [1.29, 1.82) is 0 Å². The second-order valence-corrected chi connectivity index (χ2v) is 6.90. The van der Waals surface area contributed by atoms with Gasteiger partial charge >= 0.3 is 0 Å². The molecule has 1 N–H and O–H groups in total. The highest BCUT2D eigenvalue weighted by atomic mass is 32.2. The second-order valence-electron chi connectivity index (χ2n) is 4.60. The Balaban J connectivity index is 1.94. The van der Waals surface area contributed by atoms with Crippen LogP contribution in [0.25, 0.3) is 0 Å². The van der Waals surface area contributed by atoms with E-state index in [-0.39, 0.29) is 0 Å². The van der Waals surface area contributed by atoms with Gasteiger partial charge in [-0.05, 0) is 50.6 Å². The van der Waals surface area contributed by atoms with Crippen molar-refractivity contribution < 1.29 is 8.42 Å². The number of hydrogen-bond acceptors (Lipinski definition) is 3. The number of rotatable bonds is 1. The van der Waals surface area contributed by atoms with E-state index in [1.165, 1.54) is 6.42 Å². The van der Waals surface area contributed by atoms with Crippen molar-refractivity contribution in [2.75, 3.05) is 24.6 Å². The van der Waals surface area contributed by atoms with E-state index in [4.69, 9.17) is 0 Å². The van der Waals surface area contributed by atoms with Gasteiger partial charge in [-0.1, -0.05) is 0 Å². The van der Waals surface area contributed by atoms with Crippen LogP contribution in [0.5, 0.6) is 0 Å². The van der Waals surface area contributed by atoms with E-state index in [1.807, 2.05) is 0 Å². The zero-order chi connectivity index (χ0) is 10.0. The summed E-state index contributed by atoms with van der Waals surface area (Å²) >= 11 is 0. The minimum atomic E-state index is -2.70. The molecule has 2 atom stereocenters. The Morgan fingerprint density at radius 1 is 1.00 bits per heavy atom. The Morgan fingerprint density at radius 2 is 1.86 bits per heavy atom. The Kier molecular flexibility index (Phi) is 3.12. The van der Waals surface area contributed by atoms with Crippen LogP contribution >= 0.6 is 0 Å².